The van der Waals surface area contributed by atoms with E-state index in [0.717, 1.165) is 42.8 Å². The third-order valence-electron chi connectivity index (χ3n) is 8.73. The van der Waals surface area contributed by atoms with Gasteiger partial charge in [0.1, 0.15) is 22.3 Å². The van der Waals surface area contributed by atoms with Gasteiger partial charge >= 0.3 is 0 Å². The number of halogens is 1. The van der Waals surface area contributed by atoms with Gasteiger partial charge < -0.3 is 14.7 Å². The lowest BCUT2D eigenvalue weighted by Gasteiger charge is -2.46. The molecule has 1 amide bonds. The highest BCUT2D eigenvalue weighted by Crippen LogP contribution is 2.46. The molecule has 1 aliphatic heterocycles. The van der Waals surface area contributed by atoms with Crippen LogP contribution in [0.2, 0.25) is 5.02 Å². The van der Waals surface area contributed by atoms with Gasteiger partial charge in [-0.1, -0.05) is 55.2 Å². The molecule has 252 valence electrons. The first-order valence-corrected chi connectivity index (χ1v) is 20.8. The number of aliphatic hydroxyl groups is 1. The number of rotatable bonds is 11. The van der Waals surface area contributed by atoms with Crippen molar-refractivity contribution in [2.45, 2.75) is 76.6 Å². The summed E-state index contributed by atoms with van der Waals surface area (Å²) in [4.78, 5) is 15.5. The Balaban J connectivity index is 1.73. The Morgan fingerprint density at radius 2 is 1.98 bits per heavy atom. The summed E-state index contributed by atoms with van der Waals surface area (Å²) in [6.07, 6.45) is 15.0. The second-order valence-electron chi connectivity index (χ2n) is 13.6. The van der Waals surface area contributed by atoms with E-state index in [4.69, 9.17) is 16.3 Å². The van der Waals surface area contributed by atoms with Gasteiger partial charge in [0, 0.05) is 40.8 Å². The number of amides is 1. The molecule has 2 N–H and O–H groups in total. The number of nitrogens with zero attached hydrogens (tertiary/aromatic N) is 1. The molecule has 0 saturated heterocycles. The lowest BCUT2D eigenvalue weighted by Crippen LogP contribution is -2.49. The van der Waals surface area contributed by atoms with E-state index in [2.05, 4.69) is 65.5 Å². The second-order valence-corrected chi connectivity index (χ2v) is 19.7. The fraction of sp³-hybridized carbons (Fsp3) is 0.541. The molecular formula is C37H51ClN2O4S2. The number of fused-ring (bicyclic) bond motifs is 1. The number of allylic oxidation sites excluding steroid dienone is 1. The van der Waals surface area contributed by atoms with Crippen molar-refractivity contribution in [1.82, 2.24) is 4.72 Å². The molecule has 1 saturated carbocycles. The molecule has 9 heteroatoms. The number of carbonyl (C=O) groups is 1. The lowest BCUT2D eigenvalue weighted by atomic mass is 9.64. The number of nitrogens with one attached hydrogen (secondary N) is 1. The summed E-state index contributed by atoms with van der Waals surface area (Å²) in [6, 6.07) is 11.6. The number of hydrogen-bond donors (Lipinski definition) is 2. The highest BCUT2D eigenvalue weighted by molar-refractivity contribution is 8.35. The minimum Gasteiger partial charge on any atom is -0.491 e. The Hall–Kier alpha value is -2.44. The minimum absolute atomic E-state index is 0.0123. The van der Waals surface area contributed by atoms with Crippen molar-refractivity contribution < 1.29 is 18.8 Å². The zero-order valence-corrected chi connectivity index (χ0v) is 30.8. The molecule has 0 aromatic heterocycles. The predicted molar refractivity (Wildman–Crippen MR) is 197 cm³/mol. The van der Waals surface area contributed by atoms with Crippen LogP contribution in [0.1, 0.15) is 80.8 Å². The number of hydrogen-bond acceptors (Lipinski definition) is 5. The molecule has 6 nitrogen and oxygen atoms in total. The first-order chi connectivity index (χ1) is 21.7. The average molecular weight is 687 g/mol. The van der Waals surface area contributed by atoms with Crippen LogP contribution in [0.4, 0.5) is 5.69 Å². The summed E-state index contributed by atoms with van der Waals surface area (Å²) in [5, 5.41) is 15.9. The van der Waals surface area contributed by atoms with Crippen molar-refractivity contribution in [2.75, 3.05) is 43.4 Å². The fourth-order valence-corrected chi connectivity index (χ4v) is 7.36. The predicted octanol–water partition coefficient (Wildman–Crippen LogP) is 7.46. The maximum atomic E-state index is 13.2. The molecule has 5 atom stereocenters. The summed E-state index contributed by atoms with van der Waals surface area (Å²) in [7, 11) is -2.60. The van der Waals surface area contributed by atoms with Crippen LogP contribution in [-0.2, 0) is 17.4 Å². The quantitative estimate of drug-likeness (QED) is 0.190. The maximum Gasteiger partial charge on any atom is 0.263 e. The van der Waals surface area contributed by atoms with Crippen LogP contribution in [0.25, 0.3) is 0 Å². The minimum atomic E-state index is -1.48. The number of anilines is 1. The summed E-state index contributed by atoms with van der Waals surface area (Å²) in [6.45, 7) is 9.71. The van der Waals surface area contributed by atoms with Gasteiger partial charge in [0.25, 0.3) is 5.91 Å². The summed E-state index contributed by atoms with van der Waals surface area (Å²) >= 11 is 6.43. The number of carbonyl (C=O) groups excluding carboxylic acids is 1. The fourth-order valence-electron chi connectivity index (χ4n) is 6.16. The van der Waals surface area contributed by atoms with Crippen molar-refractivity contribution in [3.8, 4) is 16.9 Å². The Morgan fingerprint density at radius 1 is 1.22 bits per heavy atom. The molecule has 4 rings (SSSR count). The highest BCUT2D eigenvalue weighted by atomic mass is 35.5. The smallest absolute Gasteiger partial charge is 0.263 e. The van der Waals surface area contributed by atoms with Gasteiger partial charge in [-0.2, -0.15) is 10.0 Å². The van der Waals surface area contributed by atoms with Crippen molar-refractivity contribution in [3.63, 3.8) is 0 Å². The van der Waals surface area contributed by atoms with E-state index >= 15 is 0 Å². The van der Waals surface area contributed by atoms with Gasteiger partial charge in [0.2, 0.25) is 0 Å². The molecular weight excluding hydrogens is 636 g/mol. The topological polar surface area (TPSA) is 78.9 Å². The molecule has 1 aliphatic carbocycles. The summed E-state index contributed by atoms with van der Waals surface area (Å²) < 4.78 is 21.6. The highest BCUT2D eigenvalue weighted by Gasteiger charge is 2.45. The monoisotopic (exact) mass is 686 g/mol. The van der Waals surface area contributed by atoms with E-state index in [0.29, 0.717) is 31.0 Å². The van der Waals surface area contributed by atoms with Gasteiger partial charge in [-0.05, 0) is 112 Å². The van der Waals surface area contributed by atoms with Gasteiger partial charge in [-0.3, -0.25) is 9.52 Å². The van der Waals surface area contributed by atoms with Crippen molar-refractivity contribution in [2.24, 2.45) is 11.8 Å². The molecule has 2 aromatic rings. The number of benzene rings is 2. The van der Waals surface area contributed by atoms with E-state index in [-0.39, 0.29) is 28.9 Å². The van der Waals surface area contributed by atoms with Gasteiger partial charge in [0.05, 0.1) is 12.3 Å². The van der Waals surface area contributed by atoms with Crippen molar-refractivity contribution in [1.29, 1.82) is 0 Å². The van der Waals surface area contributed by atoms with Gasteiger partial charge in [-0.25, -0.2) is 4.21 Å². The van der Waals surface area contributed by atoms with Crippen LogP contribution in [-0.4, -0.2) is 64.5 Å². The maximum absolute atomic E-state index is 13.2. The lowest BCUT2D eigenvalue weighted by molar-refractivity contribution is -0.00280. The number of ether oxygens (including phenoxy) is 1. The van der Waals surface area contributed by atoms with Crippen molar-refractivity contribution >= 4 is 44.2 Å². The zero-order chi connectivity index (χ0) is 33.6. The third-order valence-corrected chi connectivity index (χ3v) is 10.9. The van der Waals surface area contributed by atoms with Crippen LogP contribution >= 0.6 is 21.6 Å². The number of aryl methyl sites for hydroxylation is 1. The molecule has 1 heterocycles. The Labute approximate surface area is 285 Å². The van der Waals surface area contributed by atoms with Gasteiger partial charge in [0.15, 0.2) is 0 Å². The van der Waals surface area contributed by atoms with Crippen LogP contribution < -0.4 is 14.4 Å². The van der Waals surface area contributed by atoms with Crippen molar-refractivity contribution in [3.05, 3.63) is 70.3 Å². The van der Waals surface area contributed by atoms with Crippen LogP contribution in [0.5, 0.6) is 5.75 Å². The Bertz CT molecular complexity index is 1510. The molecule has 0 bridgehead atoms. The molecule has 2 aromatic carbocycles. The van der Waals surface area contributed by atoms with Gasteiger partial charge in [-0.15, -0.1) is 0 Å². The van der Waals surface area contributed by atoms with Crippen LogP contribution in [0, 0.1) is 23.0 Å². The largest absolute Gasteiger partial charge is 0.491 e. The zero-order valence-electron chi connectivity index (χ0n) is 28.4. The molecule has 2 aliphatic rings. The standard InChI is InChI=1S/C37H51ClN2O4S2/c1-8-10-18-37(42,19-20-46(5,6)7)33-16-12-29(33)23-40-24-30(32-15-14-31(38)21-27(32)11-9-2)25-44-35-17-13-28(22-34(35)40)36(41)39-45(43)26(3)4/h10,13-15,17-18,21-22,26,29-30,33,42H,8-9,11-12,16,23-25H2,1-7H3,(H,39,41)/b18-10+. The van der Waals surface area contributed by atoms with E-state index < -0.39 is 26.6 Å². The third kappa shape index (κ3) is 9.13. The van der Waals surface area contributed by atoms with Crippen LogP contribution in [0.3, 0.4) is 0 Å². The van der Waals surface area contributed by atoms with E-state index in [1.165, 1.54) is 11.1 Å². The average Bonchev–Trinajstić information content (AvgIpc) is 3.16. The first kappa shape index (κ1) is 36.4. The summed E-state index contributed by atoms with van der Waals surface area (Å²) in [5.74, 6) is 3.88. The summed E-state index contributed by atoms with van der Waals surface area (Å²) in [5.41, 5.74) is 2.52. The SMILES string of the molecule is CC/C=C/C(O)(C#CS(C)(C)C)C1CCC1CN1CC(c2ccc(Cl)cc2CCC)COc2ccc(C(=O)NS(=O)C(C)C)cc21. The van der Waals surface area contributed by atoms with Crippen LogP contribution in [0.15, 0.2) is 48.6 Å². The molecule has 0 spiro atoms. The normalized spacial score (nSPS) is 22.0. The molecule has 1 fully saturated rings. The second kappa shape index (κ2) is 15.6. The molecule has 0 radical (unpaired) electrons. The van der Waals surface area contributed by atoms with E-state index in [1.54, 1.807) is 6.07 Å². The van der Waals surface area contributed by atoms with E-state index in [1.807, 2.05) is 44.2 Å². The first-order valence-electron chi connectivity index (χ1n) is 16.4. The van der Waals surface area contributed by atoms with E-state index in [9.17, 15) is 14.1 Å². The molecule has 5 unspecified atom stereocenters. The molecule has 46 heavy (non-hydrogen) atoms. The Morgan fingerprint density at radius 3 is 2.61 bits per heavy atom. The Kier molecular flexibility index (Phi) is 12.4.